The number of methoxy groups -OCH3 is 1. The highest BCUT2D eigenvalue weighted by atomic mass is 16.6. The van der Waals surface area contributed by atoms with Gasteiger partial charge in [-0.15, -0.1) is 0 Å². The second-order valence-electron chi connectivity index (χ2n) is 4.16. The molecule has 0 aromatic rings. The SMILES string of the molecule is CO[C@H](C)C(OC(N)=O)C(C)(C)C. The zero-order valence-corrected chi connectivity index (χ0v) is 8.96. The molecule has 4 nitrogen and oxygen atoms in total. The van der Waals surface area contributed by atoms with Crippen molar-refractivity contribution in [2.24, 2.45) is 11.1 Å². The summed E-state index contributed by atoms with van der Waals surface area (Å²) >= 11 is 0. The molecule has 0 aliphatic heterocycles. The third-order valence-electron chi connectivity index (χ3n) is 1.89. The minimum Gasteiger partial charge on any atom is -0.443 e. The first-order valence-corrected chi connectivity index (χ1v) is 4.28. The lowest BCUT2D eigenvalue weighted by molar-refractivity contribution is -0.0604. The Morgan fingerprint density at radius 3 is 2.08 bits per heavy atom. The molecule has 0 saturated carbocycles. The van der Waals surface area contributed by atoms with Gasteiger partial charge in [0.2, 0.25) is 0 Å². The molecule has 2 atom stereocenters. The van der Waals surface area contributed by atoms with Gasteiger partial charge in [0.1, 0.15) is 6.10 Å². The average molecular weight is 189 g/mol. The van der Waals surface area contributed by atoms with Gasteiger partial charge in [-0.1, -0.05) is 20.8 Å². The molecule has 0 aromatic carbocycles. The van der Waals surface area contributed by atoms with Crippen LogP contribution < -0.4 is 5.73 Å². The summed E-state index contributed by atoms with van der Waals surface area (Å²) in [5, 5.41) is 0. The van der Waals surface area contributed by atoms with Crippen molar-refractivity contribution in [3.63, 3.8) is 0 Å². The molecule has 1 unspecified atom stereocenters. The van der Waals surface area contributed by atoms with E-state index in [0.29, 0.717) is 0 Å². The molecule has 0 rings (SSSR count). The molecular formula is C9H19NO3. The van der Waals surface area contributed by atoms with Gasteiger partial charge in [-0.25, -0.2) is 4.79 Å². The minimum absolute atomic E-state index is 0.160. The normalized spacial score (nSPS) is 16.4. The van der Waals surface area contributed by atoms with Crippen molar-refractivity contribution in [2.45, 2.75) is 39.9 Å². The maximum absolute atomic E-state index is 10.6. The molecule has 0 aromatic heterocycles. The lowest BCUT2D eigenvalue weighted by Crippen LogP contribution is -2.42. The van der Waals surface area contributed by atoms with E-state index in [4.69, 9.17) is 15.2 Å². The van der Waals surface area contributed by atoms with E-state index in [1.165, 1.54) is 0 Å². The smallest absolute Gasteiger partial charge is 0.404 e. The third-order valence-corrected chi connectivity index (χ3v) is 1.89. The van der Waals surface area contributed by atoms with Crippen LogP contribution in [-0.2, 0) is 9.47 Å². The van der Waals surface area contributed by atoms with E-state index in [0.717, 1.165) is 0 Å². The molecule has 1 amide bonds. The van der Waals surface area contributed by atoms with Crippen molar-refractivity contribution >= 4 is 6.09 Å². The molecule has 0 radical (unpaired) electrons. The van der Waals surface area contributed by atoms with E-state index in [1.54, 1.807) is 7.11 Å². The number of amides is 1. The Bertz CT molecular complexity index is 174. The van der Waals surface area contributed by atoms with Gasteiger partial charge in [0.15, 0.2) is 0 Å². The van der Waals surface area contributed by atoms with Crippen LogP contribution in [0.2, 0.25) is 0 Å². The van der Waals surface area contributed by atoms with Crippen LogP contribution in [0.3, 0.4) is 0 Å². The molecular weight excluding hydrogens is 170 g/mol. The maximum atomic E-state index is 10.6. The van der Waals surface area contributed by atoms with Crippen molar-refractivity contribution in [1.82, 2.24) is 0 Å². The first-order valence-electron chi connectivity index (χ1n) is 4.28. The van der Waals surface area contributed by atoms with Crippen LogP contribution in [0.1, 0.15) is 27.7 Å². The third kappa shape index (κ3) is 4.12. The Labute approximate surface area is 79.4 Å². The molecule has 0 spiro atoms. The molecule has 13 heavy (non-hydrogen) atoms. The highest BCUT2D eigenvalue weighted by molar-refractivity contribution is 5.64. The van der Waals surface area contributed by atoms with Gasteiger partial charge in [-0.2, -0.15) is 0 Å². The topological polar surface area (TPSA) is 61.6 Å². The molecule has 0 heterocycles. The van der Waals surface area contributed by atoms with Crippen LogP contribution in [0.5, 0.6) is 0 Å². The summed E-state index contributed by atoms with van der Waals surface area (Å²) in [4.78, 5) is 10.6. The predicted octanol–water partition coefficient (Wildman–Crippen LogP) is 1.53. The van der Waals surface area contributed by atoms with E-state index in [2.05, 4.69) is 0 Å². The van der Waals surface area contributed by atoms with E-state index in [9.17, 15) is 4.79 Å². The summed E-state index contributed by atoms with van der Waals surface area (Å²) in [6.07, 6.45) is -1.24. The number of ether oxygens (including phenoxy) is 2. The van der Waals surface area contributed by atoms with Gasteiger partial charge in [-0.05, 0) is 6.92 Å². The van der Waals surface area contributed by atoms with Gasteiger partial charge in [0.25, 0.3) is 0 Å². The number of carbonyl (C=O) groups is 1. The fourth-order valence-electron chi connectivity index (χ4n) is 1.23. The minimum atomic E-state index is -0.760. The van der Waals surface area contributed by atoms with Crippen molar-refractivity contribution in [3.8, 4) is 0 Å². The number of carbonyl (C=O) groups excluding carboxylic acids is 1. The quantitative estimate of drug-likeness (QED) is 0.732. The summed E-state index contributed by atoms with van der Waals surface area (Å²) in [6.45, 7) is 7.75. The van der Waals surface area contributed by atoms with E-state index < -0.39 is 6.09 Å². The zero-order chi connectivity index (χ0) is 10.6. The second kappa shape index (κ2) is 4.46. The highest BCUT2D eigenvalue weighted by Gasteiger charge is 2.32. The number of nitrogens with two attached hydrogens (primary N) is 1. The molecule has 78 valence electrons. The summed E-state index contributed by atoms with van der Waals surface area (Å²) in [5.74, 6) is 0. The largest absolute Gasteiger partial charge is 0.443 e. The fraction of sp³-hybridized carbons (Fsp3) is 0.889. The zero-order valence-electron chi connectivity index (χ0n) is 8.96. The van der Waals surface area contributed by atoms with Crippen LogP contribution in [0.15, 0.2) is 0 Å². The van der Waals surface area contributed by atoms with E-state index in [-0.39, 0.29) is 17.6 Å². The van der Waals surface area contributed by atoms with Crippen LogP contribution in [-0.4, -0.2) is 25.4 Å². The Kier molecular flexibility index (Phi) is 4.20. The predicted molar refractivity (Wildman–Crippen MR) is 50.4 cm³/mol. The van der Waals surface area contributed by atoms with Crippen molar-refractivity contribution in [1.29, 1.82) is 0 Å². The summed E-state index contributed by atoms with van der Waals surface area (Å²) in [7, 11) is 1.58. The fourth-order valence-corrected chi connectivity index (χ4v) is 1.23. The molecule has 4 heteroatoms. The lowest BCUT2D eigenvalue weighted by Gasteiger charge is -2.33. The Hall–Kier alpha value is -0.770. The second-order valence-corrected chi connectivity index (χ2v) is 4.16. The first kappa shape index (κ1) is 12.2. The highest BCUT2D eigenvalue weighted by Crippen LogP contribution is 2.26. The number of hydrogen-bond donors (Lipinski definition) is 1. The molecule has 0 bridgehead atoms. The molecule has 0 aliphatic rings. The maximum Gasteiger partial charge on any atom is 0.404 e. The first-order chi connectivity index (χ1) is 5.79. The van der Waals surface area contributed by atoms with Gasteiger partial charge < -0.3 is 15.2 Å². The van der Waals surface area contributed by atoms with Crippen LogP contribution in [0.25, 0.3) is 0 Å². The number of rotatable bonds is 3. The Morgan fingerprint density at radius 1 is 1.38 bits per heavy atom. The van der Waals surface area contributed by atoms with Gasteiger partial charge in [0, 0.05) is 12.5 Å². The molecule has 2 N–H and O–H groups in total. The lowest BCUT2D eigenvalue weighted by atomic mass is 9.86. The van der Waals surface area contributed by atoms with Crippen LogP contribution in [0, 0.1) is 5.41 Å². The van der Waals surface area contributed by atoms with Gasteiger partial charge in [-0.3, -0.25) is 0 Å². The standard InChI is InChI=1S/C9H19NO3/c1-6(12-5)7(9(2,3)4)13-8(10)11/h6-7H,1-5H3,(H2,10,11)/t6-,7?/m1/s1. The molecule has 0 saturated heterocycles. The summed E-state index contributed by atoms with van der Waals surface area (Å²) in [6, 6.07) is 0. The summed E-state index contributed by atoms with van der Waals surface area (Å²) < 4.78 is 10.1. The summed E-state index contributed by atoms with van der Waals surface area (Å²) in [5.41, 5.74) is 4.79. The monoisotopic (exact) mass is 189 g/mol. The van der Waals surface area contributed by atoms with Crippen LogP contribution in [0.4, 0.5) is 4.79 Å². The number of primary amides is 1. The molecule has 0 fully saturated rings. The van der Waals surface area contributed by atoms with Crippen molar-refractivity contribution in [2.75, 3.05) is 7.11 Å². The number of hydrogen-bond acceptors (Lipinski definition) is 3. The average Bonchev–Trinajstić information content (AvgIpc) is 1.96. The Balaban J connectivity index is 4.46. The van der Waals surface area contributed by atoms with E-state index >= 15 is 0 Å². The molecule has 0 aliphatic carbocycles. The van der Waals surface area contributed by atoms with Crippen LogP contribution >= 0.6 is 0 Å². The Morgan fingerprint density at radius 2 is 1.85 bits per heavy atom. The van der Waals surface area contributed by atoms with Crippen molar-refractivity contribution in [3.05, 3.63) is 0 Å². The van der Waals surface area contributed by atoms with Gasteiger partial charge >= 0.3 is 6.09 Å². The van der Waals surface area contributed by atoms with Gasteiger partial charge in [0.05, 0.1) is 6.10 Å². The van der Waals surface area contributed by atoms with E-state index in [1.807, 2.05) is 27.7 Å². The van der Waals surface area contributed by atoms with Crippen molar-refractivity contribution < 1.29 is 14.3 Å².